The van der Waals surface area contributed by atoms with Gasteiger partial charge < -0.3 is 14.6 Å². The van der Waals surface area contributed by atoms with Gasteiger partial charge in [-0.15, -0.1) is 0 Å². The molecule has 0 radical (unpaired) electrons. The second-order valence-corrected chi connectivity index (χ2v) is 4.35. The van der Waals surface area contributed by atoms with E-state index in [0.29, 0.717) is 0 Å². The Balaban J connectivity index is 2.01. The average molecular weight is 242 g/mol. The molecule has 1 aliphatic rings. The number of methoxy groups -OCH3 is 1. The molecule has 0 atom stereocenters. The molecule has 3 rings (SSSR count). The predicted molar refractivity (Wildman–Crippen MR) is 68.2 cm³/mol. The van der Waals surface area contributed by atoms with Crippen LogP contribution in [-0.2, 0) is 13.0 Å². The van der Waals surface area contributed by atoms with Gasteiger partial charge in [0, 0.05) is 12.0 Å². The Hall–Kier alpha value is -2.00. The maximum absolute atomic E-state index is 9.16. The van der Waals surface area contributed by atoms with Crippen molar-refractivity contribution in [3.63, 3.8) is 0 Å². The van der Waals surface area contributed by atoms with Crippen molar-refractivity contribution >= 4 is 0 Å². The van der Waals surface area contributed by atoms with E-state index in [1.807, 2.05) is 36.4 Å². The number of rotatable bonds is 2. The third kappa shape index (κ3) is 1.83. The smallest absolute Gasteiger partial charge is 0.131 e. The molecular weight excluding hydrogens is 228 g/mol. The van der Waals surface area contributed by atoms with Gasteiger partial charge in [0.25, 0.3) is 0 Å². The molecule has 0 saturated carbocycles. The van der Waals surface area contributed by atoms with Gasteiger partial charge in [-0.3, -0.25) is 0 Å². The monoisotopic (exact) mass is 242 g/mol. The van der Waals surface area contributed by atoms with E-state index in [1.165, 1.54) is 0 Å². The first kappa shape index (κ1) is 11.1. The second-order valence-electron chi connectivity index (χ2n) is 4.35. The van der Waals surface area contributed by atoms with E-state index in [0.717, 1.165) is 40.4 Å². The van der Waals surface area contributed by atoms with E-state index in [1.54, 1.807) is 7.11 Å². The fourth-order valence-corrected chi connectivity index (χ4v) is 2.21. The van der Waals surface area contributed by atoms with Gasteiger partial charge in [-0.05, 0) is 41.5 Å². The Kier molecular flexibility index (Phi) is 2.68. The molecule has 1 N–H and O–H groups in total. The molecule has 0 spiro atoms. The van der Waals surface area contributed by atoms with E-state index in [4.69, 9.17) is 14.6 Å². The Morgan fingerprint density at radius 3 is 2.56 bits per heavy atom. The van der Waals surface area contributed by atoms with E-state index < -0.39 is 0 Å². The number of aliphatic hydroxyl groups excluding tert-OH is 1. The van der Waals surface area contributed by atoms with Crippen LogP contribution in [0.3, 0.4) is 0 Å². The Labute approximate surface area is 106 Å². The number of hydrogen-bond donors (Lipinski definition) is 1. The quantitative estimate of drug-likeness (QED) is 0.751. The molecule has 0 bridgehead atoms. The van der Waals surface area contributed by atoms with Gasteiger partial charge in [0.05, 0.1) is 13.7 Å². The average Bonchev–Trinajstić information content (AvgIpc) is 2.43. The van der Waals surface area contributed by atoms with Crippen molar-refractivity contribution in [2.45, 2.75) is 13.0 Å². The molecule has 0 unspecified atom stereocenters. The third-order valence-corrected chi connectivity index (χ3v) is 3.18. The highest BCUT2D eigenvalue weighted by Crippen LogP contribution is 2.38. The Morgan fingerprint density at radius 2 is 1.83 bits per heavy atom. The SMILES string of the molecule is COc1ccc2c(c1)Cc1cc(CO)ccc1O2. The Bertz CT molecular complexity index is 539. The van der Waals surface area contributed by atoms with Crippen LogP contribution in [0.2, 0.25) is 0 Å². The normalized spacial score (nSPS) is 12.3. The van der Waals surface area contributed by atoms with Crippen LogP contribution in [-0.4, -0.2) is 12.2 Å². The summed E-state index contributed by atoms with van der Waals surface area (Å²) in [6, 6.07) is 11.6. The molecule has 3 nitrogen and oxygen atoms in total. The molecular formula is C15H14O3. The molecule has 0 amide bonds. The maximum atomic E-state index is 9.16. The van der Waals surface area contributed by atoms with Gasteiger partial charge in [-0.25, -0.2) is 0 Å². The zero-order chi connectivity index (χ0) is 12.5. The minimum atomic E-state index is 0.0538. The van der Waals surface area contributed by atoms with E-state index in [-0.39, 0.29) is 6.61 Å². The van der Waals surface area contributed by atoms with Crippen molar-refractivity contribution in [1.82, 2.24) is 0 Å². The fraction of sp³-hybridized carbons (Fsp3) is 0.200. The van der Waals surface area contributed by atoms with Crippen LogP contribution >= 0.6 is 0 Å². The molecule has 2 aromatic rings. The van der Waals surface area contributed by atoms with Crippen LogP contribution in [0.5, 0.6) is 17.2 Å². The highest BCUT2D eigenvalue weighted by Gasteiger charge is 2.17. The molecule has 1 aliphatic heterocycles. The molecule has 0 aromatic heterocycles. The van der Waals surface area contributed by atoms with E-state index >= 15 is 0 Å². The molecule has 0 saturated heterocycles. The van der Waals surface area contributed by atoms with Crippen molar-refractivity contribution in [2.24, 2.45) is 0 Å². The highest BCUT2D eigenvalue weighted by atomic mass is 16.5. The summed E-state index contributed by atoms with van der Waals surface area (Å²) in [5.41, 5.74) is 3.11. The summed E-state index contributed by atoms with van der Waals surface area (Å²) < 4.78 is 11.1. The third-order valence-electron chi connectivity index (χ3n) is 3.18. The molecule has 1 heterocycles. The fourth-order valence-electron chi connectivity index (χ4n) is 2.21. The number of hydrogen-bond acceptors (Lipinski definition) is 3. The van der Waals surface area contributed by atoms with Crippen molar-refractivity contribution in [1.29, 1.82) is 0 Å². The van der Waals surface area contributed by atoms with Crippen molar-refractivity contribution in [3.8, 4) is 17.2 Å². The number of fused-ring (bicyclic) bond motifs is 2. The summed E-state index contributed by atoms with van der Waals surface area (Å²) >= 11 is 0. The molecule has 18 heavy (non-hydrogen) atoms. The molecule has 92 valence electrons. The molecule has 0 fully saturated rings. The van der Waals surface area contributed by atoms with Gasteiger partial charge in [-0.2, -0.15) is 0 Å². The lowest BCUT2D eigenvalue weighted by molar-refractivity contribution is 0.281. The van der Waals surface area contributed by atoms with Gasteiger partial charge in [-0.1, -0.05) is 6.07 Å². The summed E-state index contributed by atoms with van der Waals surface area (Å²) in [6.45, 7) is 0.0538. The Morgan fingerprint density at radius 1 is 1.11 bits per heavy atom. The van der Waals surface area contributed by atoms with E-state index in [2.05, 4.69) is 0 Å². The van der Waals surface area contributed by atoms with Crippen LogP contribution in [0.25, 0.3) is 0 Å². The van der Waals surface area contributed by atoms with Gasteiger partial charge in [0.1, 0.15) is 17.2 Å². The lowest BCUT2D eigenvalue weighted by Crippen LogP contribution is -2.04. The number of ether oxygens (including phenoxy) is 2. The minimum Gasteiger partial charge on any atom is -0.497 e. The molecule has 2 aromatic carbocycles. The van der Waals surface area contributed by atoms with Crippen LogP contribution in [0.15, 0.2) is 36.4 Å². The van der Waals surface area contributed by atoms with Gasteiger partial charge >= 0.3 is 0 Å². The largest absolute Gasteiger partial charge is 0.497 e. The number of aliphatic hydroxyl groups is 1. The topological polar surface area (TPSA) is 38.7 Å². The first-order valence-electron chi connectivity index (χ1n) is 5.87. The summed E-state index contributed by atoms with van der Waals surface area (Å²) in [5, 5.41) is 9.16. The van der Waals surface area contributed by atoms with Crippen molar-refractivity contribution < 1.29 is 14.6 Å². The van der Waals surface area contributed by atoms with Crippen LogP contribution in [0.4, 0.5) is 0 Å². The summed E-state index contributed by atoms with van der Waals surface area (Å²) in [7, 11) is 1.66. The van der Waals surface area contributed by atoms with E-state index in [9.17, 15) is 0 Å². The second kappa shape index (κ2) is 4.35. The minimum absolute atomic E-state index is 0.0538. The first-order chi connectivity index (χ1) is 8.80. The lowest BCUT2D eigenvalue weighted by Gasteiger charge is -2.21. The van der Waals surface area contributed by atoms with Crippen LogP contribution in [0.1, 0.15) is 16.7 Å². The predicted octanol–water partition coefficient (Wildman–Crippen LogP) is 2.88. The maximum Gasteiger partial charge on any atom is 0.131 e. The summed E-state index contributed by atoms with van der Waals surface area (Å²) in [6.07, 6.45) is 0.801. The standard InChI is InChI=1S/C15H14O3/c1-17-13-3-5-15-12(8-13)7-11-6-10(9-16)2-4-14(11)18-15/h2-6,8,16H,7,9H2,1H3. The van der Waals surface area contributed by atoms with Crippen LogP contribution in [0, 0.1) is 0 Å². The highest BCUT2D eigenvalue weighted by molar-refractivity contribution is 5.52. The van der Waals surface area contributed by atoms with Crippen molar-refractivity contribution in [3.05, 3.63) is 53.1 Å². The lowest BCUT2D eigenvalue weighted by atomic mass is 9.98. The zero-order valence-corrected chi connectivity index (χ0v) is 10.1. The van der Waals surface area contributed by atoms with Gasteiger partial charge in [0.2, 0.25) is 0 Å². The molecule has 0 aliphatic carbocycles. The van der Waals surface area contributed by atoms with Gasteiger partial charge in [0.15, 0.2) is 0 Å². The van der Waals surface area contributed by atoms with Crippen molar-refractivity contribution in [2.75, 3.05) is 7.11 Å². The summed E-state index contributed by atoms with van der Waals surface area (Å²) in [4.78, 5) is 0. The first-order valence-corrected chi connectivity index (χ1v) is 5.87. The van der Waals surface area contributed by atoms with Crippen LogP contribution < -0.4 is 9.47 Å². The molecule has 3 heteroatoms. The number of benzene rings is 2. The summed E-state index contributed by atoms with van der Waals surface area (Å²) in [5.74, 6) is 2.57. The zero-order valence-electron chi connectivity index (χ0n) is 10.1.